The number of benzene rings is 1. The van der Waals surface area contributed by atoms with E-state index in [9.17, 15) is 18.0 Å². The maximum absolute atomic E-state index is 13.7. The molecular formula is C20H18BrF3N4O. The van der Waals surface area contributed by atoms with Gasteiger partial charge in [-0.05, 0) is 44.4 Å². The summed E-state index contributed by atoms with van der Waals surface area (Å²) in [6.07, 6.45) is -0.677. The van der Waals surface area contributed by atoms with Crippen molar-refractivity contribution in [2.24, 2.45) is 0 Å². The molecule has 0 saturated carbocycles. The molecule has 0 radical (unpaired) electrons. The van der Waals surface area contributed by atoms with Gasteiger partial charge in [0.15, 0.2) is 11.3 Å². The van der Waals surface area contributed by atoms with Gasteiger partial charge in [-0.25, -0.2) is 9.50 Å². The molecule has 1 aliphatic rings. The molecule has 1 aliphatic heterocycles. The summed E-state index contributed by atoms with van der Waals surface area (Å²) in [5.41, 5.74) is -0.305. The largest absolute Gasteiger partial charge is 0.433 e. The first kappa shape index (κ1) is 19.9. The quantitative estimate of drug-likeness (QED) is 0.521. The minimum absolute atomic E-state index is 0.0305. The lowest BCUT2D eigenvalue weighted by molar-refractivity contribution is -0.142. The highest BCUT2D eigenvalue weighted by molar-refractivity contribution is 9.10. The number of aromatic nitrogens is 3. The molecule has 29 heavy (non-hydrogen) atoms. The van der Waals surface area contributed by atoms with E-state index < -0.39 is 11.9 Å². The summed E-state index contributed by atoms with van der Waals surface area (Å²) in [6, 6.07) is 7.80. The molecule has 1 unspecified atom stereocenters. The van der Waals surface area contributed by atoms with Crippen LogP contribution in [-0.4, -0.2) is 38.0 Å². The third-order valence-electron chi connectivity index (χ3n) is 5.20. The van der Waals surface area contributed by atoms with Gasteiger partial charge in [-0.2, -0.15) is 18.3 Å². The van der Waals surface area contributed by atoms with Gasteiger partial charge in [0.2, 0.25) is 0 Å². The number of hydrogen-bond donors (Lipinski definition) is 0. The fourth-order valence-electron chi connectivity index (χ4n) is 3.64. The summed E-state index contributed by atoms with van der Waals surface area (Å²) < 4.78 is 42.7. The van der Waals surface area contributed by atoms with E-state index in [2.05, 4.69) is 26.0 Å². The zero-order valence-corrected chi connectivity index (χ0v) is 17.2. The number of likely N-dealkylation sites (tertiary alicyclic amines) is 1. The van der Waals surface area contributed by atoms with Crippen molar-refractivity contribution in [1.82, 2.24) is 19.5 Å². The van der Waals surface area contributed by atoms with Crippen molar-refractivity contribution in [2.45, 2.75) is 38.4 Å². The number of fused-ring (bicyclic) bond motifs is 1. The Labute approximate surface area is 173 Å². The summed E-state index contributed by atoms with van der Waals surface area (Å²) in [5, 5.41) is 3.85. The second kappa shape index (κ2) is 7.44. The van der Waals surface area contributed by atoms with E-state index in [1.807, 2.05) is 6.92 Å². The molecular weight excluding hydrogens is 449 g/mol. The van der Waals surface area contributed by atoms with Crippen LogP contribution >= 0.6 is 15.9 Å². The van der Waals surface area contributed by atoms with E-state index in [-0.39, 0.29) is 28.9 Å². The summed E-state index contributed by atoms with van der Waals surface area (Å²) in [4.78, 5) is 19.2. The standard InChI is InChI=1S/C20H18BrF3N4O/c1-12-4-2-3-9-27(12)19(29)15-11-25-28-17(20(22,23)24)10-16(26-18(15)28)13-5-7-14(21)8-6-13/h5-8,10-12H,2-4,9H2,1H3. The number of nitrogens with zero attached hydrogens (tertiary/aromatic N) is 4. The predicted octanol–water partition coefficient (Wildman–Crippen LogP) is 5.19. The van der Waals surface area contributed by atoms with Gasteiger partial charge < -0.3 is 4.90 Å². The lowest BCUT2D eigenvalue weighted by Crippen LogP contribution is -2.42. The molecule has 1 atom stereocenters. The van der Waals surface area contributed by atoms with Gasteiger partial charge in [0.1, 0.15) is 5.56 Å². The van der Waals surface area contributed by atoms with Crippen LogP contribution in [0, 0.1) is 0 Å². The van der Waals surface area contributed by atoms with Crippen LogP contribution in [0.4, 0.5) is 13.2 Å². The Morgan fingerprint density at radius 1 is 1.21 bits per heavy atom. The van der Waals surface area contributed by atoms with Gasteiger partial charge in [0, 0.05) is 22.6 Å². The lowest BCUT2D eigenvalue weighted by Gasteiger charge is -2.33. The van der Waals surface area contributed by atoms with E-state index in [4.69, 9.17) is 0 Å². The third kappa shape index (κ3) is 3.75. The second-order valence-corrected chi connectivity index (χ2v) is 8.08. The Balaban J connectivity index is 1.88. The van der Waals surface area contributed by atoms with Crippen molar-refractivity contribution < 1.29 is 18.0 Å². The van der Waals surface area contributed by atoms with E-state index in [1.165, 1.54) is 6.20 Å². The minimum atomic E-state index is -4.64. The molecule has 1 aromatic carbocycles. The van der Waals surface area contributed by atoms with Gasteiger partial charge in [-0.3, -0.25) is 4.79 Å². The topological polar surface area (TPSA) is 50.5 Å². The number of rotatable bonds is 2. The summed E-state index contributed by atoms with van der Waals surface area (Å²) in [6.45, 7) is 2.53. The van der Waals surface area contributed by atoms with Crippen molar-refractivity contribution in [3.05, 3.63) is 52.3 Å². The highest BCUT2D eigenvalue weighted by Crippen LogP contribution is 2.33. The van der Waals surface area contributed by atoms with Crippen LogP contribution in [0.2, 0.25) is 0 Å². The van der Waals surface area contributed by atoms with Gasteiger partial charge in [0.05, 0.1) is 11.9 Å². The predicted molar refractivity (Wildman–Crippen MR) is 105 cm³/mol. The summed E-state index contributed by atoms with van der Waals surface area (Å²) in [5.74, 6) is -0.333. The van der Waals surface area contributed by atoms with Crippen LogP contribution in [0.5, 0.6) is 0 Å². The molecule has 3 heterocycles. The zero-order valence-electron chi connectivity index (χ0n) is 15.6. The normalized spacial score (nSPS) is 17.7. The summed E-state index contributed by atoms with van der Waals surface area (Å²) in [7, 11) is 0. The Morgan fingerprint density at radius 2 is 1.93 bits per heavy atom. The Morgan fingerprint density at radius 3 is 2.59 bits per heavy atom. The number of carbonyl (C=O) groups excluding carboxylic acids is 1. The Kier molecular flexibility index (Phi) is 5.10. The SMILES string of the molecule is CC1CCCCN1C(=O)c1cnn2c(C(F)(F)F)cc(-c3ccc(Br)cc3)nc12. The minimum Gasteiger partial charge on any atom is -0.336 e. The molecule has 152 valence electrons. The molecule has 9 heteroatoms. The molecule has 4 rings (SSSR count). The monoisotopic (exact) mass is 466 g/mol. The second-order valence-electron chi connectivity index (χ2n) is 7.17. The first-order chi connectivity index (χ1) is 13.8. The molecule has 1 fully saturated rings. The molecule has 5 nitrogen and oxygen atoms in total. The van der Waals surface area contributed by atoms with E-state index in [1.54, 1.807) is 29.2 Å². The van der Waals surface area contributed by atoms with E-state index >= 15 is 0 Å². The maximum Gasteiger partial charge on any atom is 0.433 e. The van der Waals surface area contributed by atoms with Crippen molar-refractivity contribution in [3.8, 4) is 11.3 Å². The molecule has 1 amide bonds. The lowest BCUT2D eigenvalue weighted by atomic mass is 10.0. The number of amides is 1. The van der Waals surface area contributed by atoms with Crippen molar-refractivity contribution in [2.75, 3.05) is 6.54 Å². The van der Waals surface area contributed by atoms with Crippen LogP contribution in [-0.2, 0) is 6.18 Å². The van der Waals surface area contributed by atoms with Gasteiger partial charge in [-0.15, -0.1) is 0 Å². The fourth-order valence-corrected chi connectivity index (χ4v) is 3.90. The number of alkyl halides is 3. The van der Waals surface area contributed by atoms with Crippen molar-refractivity contribution in [3.63, 3.8) is 0 Å². The van der Waals surface area contributed by atoms with Gasteiger partial charge in [-0.1, -0.05) is 28.1 Å². The van der Waals surface area contributed by atoms with Crippen molar-refractivity contribution >= 4 is 27.5 Å². The van der Waals surface area contributed by atoms with Crippen LogP contribution in [0.25, 0.3) is 16.9 Å². The first-order valence-corrected chi connectivity index (χ1v) is 10.1. The van der Waals surface area contributed by atoms with E-state index in [0.717, 1.165) is 29.8 Å². The van der Waals surface area contributed by atoms with E-state index in [0.29, 0.717) is 16.6 Å². The first-order valence-electron chi connectivity index (χ1n) is 9.28. The highest BCUT2D eigenvalue weighted by atomic mass is 79.9. The van der Waals surface area contributed by atoms with Crippen molar-refractivity contribution in [1.29, 1.82) is 0 Å². The molecule has 3 aromatic rings. The fraction of sp³-hybridized carbons (Fsp3) is 0.350. The Bertz CT molecular complexity index is 1060. The average Bonchev–Trinajstić information content (AvgIpc) is 3.11. The summed E-state index contributed by atoms with van der Waals surface area (Å²) >= 11 is 3.31. The molecule has 0 N–H and O–H groups in total. The number of piperidine rings is 1. The van der Waals surface area contributed by atoms with Gasteiger partial charge in [0.25, 0.3) is 5.91 Å². The zero-order chi connectivity index (χ0) is 20.8. The molecule has 0 spiro atoms. The smallest absolute Gasteiger partial charge is 0.336 e. The average molecular weight is 467 g/mol. The van der Waals surface area contributed by atoms with Crippen LogP contribution in [0.15, 0.2) is 41.0 Å². The molecule has 2 aromatic heterocycles. The number of carbonyl (C=O) groups is 1. The molecule has 0 bridgehead atoms. The number of halogens is 4. The van der Waals surface area contributed by atoms with Crippen LogP contribution < -0.4 is 0 Å². The molecule has 0 aliphatic carbocycles. The van der Waals surface area contributed by atoms with Crippen LogP contribution in [0.3, 0.4) is 0 Å². The van der Waals surface area contributed by atoms with Gasteiger partial charge >= 0.3 is 6.18 Å². The van der Waals surface area contributed by atoms with Crippen LogP contribution in [0.1, 0.15) is 42.2 Å². The Hall–Kier alpha value is -2.42. The molecule has 1 saturated heterocycles. The highest BCUT2D eigenvalue weighted by Gasteiger charge is 2.36. The maximum atomic E-state index is 13.7. The third-order valence-corrected chi connectivity index (χ3v) is 5.73. The number of hydrogen-bond acceptors (Lipinski definition) is 3.